The van der Waals surface area contributed by atoms with Gasteiger partial charge in [0.2, 0.25) is 0 Å². The van der Waals surface area contributed by atoms with Crippen molar-refractivity contribution in [2.24, 2.45) is 46.3 Å². The first-order chi connectivity index (χ1) is 13.8. The molecule has 0 saturated heterocycles. The van der Waals surface area contributed by atoms with Crippen LogP contribution >= 0.6 is 0 Å². The first-order valence-electron chi connectivity index (χ1n) is 12.8. The van der Waals surface area contributed by atoms with Crippen LogP contribution in [-0.4, -0.2) is 22.9 Å². The summed E-state index contributed by atoms with van der Waals surface area (Å²) in [6.07, 6.45) is 16.4. The van der Waals surface area contributed by atoms with Crippen LogP contribution in [0.5, 0.6) is 0 Å². The highest BCUT2D eigenvalue weighted by Crippen LogP contribution is 2.67. The average molecular weight is 403 g/mol. The van der Waals surface area contributed by atoms with Crippen molar-refractivity contribution >= 4 is 0 Å². The summed E-state index contributed by atoms with van der Waals surface area (Å²) in [5.74, 6) is 4.48. The normalized spacial score (nSPS) is 46.3. The molecule has 2 unspecified atom stereocenters. The Morgan fingerprint density at radius 2 is 1.86 bits per heavy atom. The molecule has 0 bridgehead atoms. The molecule has 29 heavy (non-hydrogen) atoms. The molecule has 166 valence electrons. The lowest BCUT2D eigenvalue weighted by Crippen LogP contribution is -2.54. The van der Waals surface area contributed by atoms with Crippen LogP contribution in [-0.2, 0) is 0 Å². The van der Waals surface area contributed by atoms with Gasteiger partial charge in [0.1, 0.15) is 0 Å². The van der Waals surface area contributed by atoms with Crippen LogP contribution in [0.1, 0.15) is 98.3 Å². The zero-order chi connectivity index (χ0) is 20.8. The molecule has 0 spiro atoms. The van der Waals surface area contributed by atoms with Gasteiger partial charge in [-0.25, -0.2) is 0 Å². The fraction of sp³-hybridized carbons (Fsp3) is 0.926. The maximum atomic E-state index is 11.1. The third-order valence-electron chi connectivity index (χ3n) is 10.6. The van der Waals surface area contributed by atoms with Crippen LogP contribution in [0, 0.1) is 46.3 Å². The Morgan fingerprint density at radius 3 is 2.62 bits per heavy atom. The van der Waals surface area contributed by atoms with Gasteiger partial charge in [-0.05, 0) is 98.7 Å². The molecule has 9 atom stereocenters. The van der Waals surface area contributed by atoms with E-state index in [1.54, 1.807) is 5.57 Å². The number of fused-ring (bicyclic) bond motifs is 5. The van der Waals surface area contributed by atoms with Crippen molar-refractivity contribution in [3.63, 3.8) is 0 Å². The molecule has 3 saturated carbocycles. The van der Waals surface area contributed by atoms with Crippen LogP contribution in [0.3, 0.4) is 0 Å². The summed E-state index contributed by atoms with van der Waals surface area (Å²) in [5.41, 5.74) is 2.17. The van der Waals surface area contributed by atoms with E-state index in [0.29, 0.717) is 23.9 Å². The van der Waals surface area contributed by atoms with Gasteiger partial charge in [0.05, 0.1) is 6.10 Å². The topological polar surface area (TPSA) is 40.5 Å². The predicted octanol–water partition coefficient (Wildman–Crippen LogP) is 6.36. The lowest BCUT2D eigenvalue weighted by molar-refractivity contribution is -0.0930. The van der Waals surface area contributed by atoms with E-state index >= 15 is 0 Å². The molecule has 0 aromatic heterocycles. The molecule has 2 N–H and O–H groups in total. The zero-order valence-corrected chi connectivity index (χ0v) is 19.5. The quantitative estimate of drug-likeness (QED) is 0.507. The first kappa shape index (κ1) is 21.9. The Labute approximate surface area is 179 Å². The number of hydrogen-bond donors (Lipinski definition) is 2. The Kier molecular flexibility index (Phi) is 6.26. The third-order valence-corrected chi connectivity index (χ3v) is 10.6. The fourth-order valence-corrected chi connectivity index (χ4v) is 8.77. The van der Waals surface area contributed by atoms with Gasteiger partial charge in [0, 0.05) is 12.0 Å². The van der Waals surface area contributed by atoms with Gasteiger partial charge < -0.3 is 10.2 Å². The number of hydrogen-bond acceptors (Lipinski definition) is 2. The standard InChI is InChI=1S/C27H46O2/c1-18(17-28)7-5-8-19(2)22-13-14-23-21-12-11-20-9-6-10-25(29)27(20,4)24(21)15-16-26(22,23)3/h11,18-19,21-25,28-29H,5-10,12-17H2,1-4H3/t18?,19-,21+,22-,23+,24+,25?,26-,27+/m1/s1. The van der Waals surface area contributed by atoms with E-state index in [0.717, 1.165) is 30.1 Å². The molecule has 0 heterocycles. The Bertz CT molecular complexity index is 612. The summed E-state index contributed by atoms with van der Waals surface area (Å²) in [6.45, 7) is 10.1. The van der Waals surface area contributed by atoms with Crippen LogP contribution in [0.15, 0.2) is 11.6 Å². The fourth-order valence-electron chi connectivity index (χ4n) is 8.77. The number of rotatable bonds is 6. The van der Waals surface area contributed by atoms with E-state index in [9.17, 15) is 10.2 Å². The van der Waals surface area contributed by atoms with Crippen molar-refractivity contribution in [2.75, 3.05) is 6.61 Å². The monoisotopic (exact) mass is 402 g/mol. The van der Waals surface area contributed by atoms with Gasteiger partial charge in [-0.15, -0.1) is 0 Å². The lowest BCUT2D eigenvalue weighted by Gasteiger charge is -2.59. The molecular weight excluding hydrogens is 356 g/mol. The molecule has 2 nitrogen and oxygen atoms in total. The van der Waals surface area contributed by atoms with Crippen molar-refractivity contribution in [2.45, 2.75) is 104 Å². The van der Waals surface area contributed by atoms with E-state index < -0.39 is 0 Å². The highest BCUT2D eigenvalue weighted by molar-refractivity contribution is 5.26. The molecule has 4 aliphatic carbocycles. The van der Waals surface area contributed by atoms with Crippen LogP contribution < -0.4 is 0 Å². The molecule has 0 aromatic carbocycles. The number of aliphatic hydroxyl groups excluding tert-OH is 2. The molecule has 0 aromatic rings. The third kappa shape index (κ3) is 3.55. The zero-order valence-electron chi connectivity index (χ0n) is 19.5. The van der Waals surface area contributed by atoms with E-state index in [2.05, 4.69) is 33.8 Å². The summed E-state index contributed by atoms with van der Waals surface area (Å²) >= 11 is 0. The summed E-state index contributed by atoms with van der Waals surface area (Å²) in [4.78, 5) is 0. The van der Waals surface area contributed by atoms with Crippen LogP contribution in [0.4, 0.5) is 0 Å². The largest absolute Gasteiger partial charge is 0.396 e. The van der Waals surface area contributed by atoms with Crippen LogP contribution in [0.2, 0.25) is 0 Å². The highest BCUT2D eigenvalue weighted by atomic mass is 16.3. The molecule has 3 fully saturated rings. The molecule has 2 heteroatoms. The van der Waals surface area contributed by atoms with E-state index in [4.69, 9.17) is 0 Å². The Hall–Kier alpha value is -0.340. The second-order valence-corrected chi connectivity index (χ2v) is 12.0. The second kappa shape index (κ2) is 8.30. The molecule has 0 amide bonds. The smallest absolute Gasteiger partial charge is 0.0633 e. The predicted molar refractivity (Wildman–Crippen MR) is 120 cm³/mol. The minimum Gasteiger partial charge on any atom is -0.396 e. The molecule has 4 rings (SSSR count). The van der Waals surface area contributed by atoms with Gasteiger partial charge in [-0.1, -0.05) is 52.2 Å². The maximum absolute atomic E-state index is 11.1. The van der Waals surface area contributed by atoms with E-state index in [1.165, 1.54) is 64.2 Å². The number of allylic oxidation sites excluding steroid dienone is 1. The van der Waals surface area contributed by atoms with Gasteiger partial charge >= 0.3 is 0 Å². The Morgan fingerprint density at radius 1 is 1.07 bits per heavy atom. The second-order valence-electron chi connectivity index (χ2n) is 12.0. The van der Waals surface area contributed by atoms with Gasteiger partial charge in [0.25, 0.3) is 0 Å². The molecule has 0 aliphatic heterocycles. The average Bonchev–Trinajstić information content (AvgIpc) is 3.06. The van der Waals surface area contributed by atoms with E-state index in [1.807, 2.05) is 0 Å². The van der Waals surface area contributed by atoms with Gasteiger partial charge in [0.15, 0.2) is 0 Å². The SMILES string of the molecule is CC(CO)CCC[C@@H](C)[C@H]1CC[C@H]2[C@@H]3CC=C4CCCC(O)[C@]4(C)[C@H]3CC[C@]12C. The molecular formula is C27H46O2. The summed E-state index contributed by atoms with van der Waals surface area (Å²) in [7, 11) is 0. The van der Waals surface area contributed by atoms with Crippen molar-refractivity contribution in [3.05, 3.63) is 11.6 Å². The Balaban J connectivity index is 1.48. The van der Waals surface area contributed by atoms with Crippen molar-refractivity contribution < 1.29 is 10.2 Å². The van der Waals surface area contributed by atoms with E-state index in [-0.39, 0.29) is 11.5 Å². The number of aliphatic hydroxyl groups is 2. The van der Waals surface area contributed by atoms with Gasteiger partial charge in [-0.2, -0.15) is 0 Å². The summed E-state index contributed by atoms with van der Waals surface area (Å²) < 4.78 is 0. The summed E-state index contributed by atoms with van der Waals surface area (Å²) in [6, 6.07) is 0. The molecule has 4 aliphatic rings. The molecule has 0 radical (unpaired) electrons. The highest BCUT2D eigenvalue weighted by Gasteiger charge is 2.60. The van der Waals surface area contributed by atoms with Crippen molar-refractivity contribution in [1.82, 2.24) is 0 Å². The van der Waals surface area contributed by atoms with Crippen molar-refractivity contribution in [3.8, 4) is 0 Å². The minimum absolute atomic E-state index is 0.0621. The van der Waals surface area contributed by atoms with Crippen molar-refractivity contribution in [1.29, 1.82) is 0 Å². The van der Waals surface area contributed by atoms with Gasteiger partial charge in [-0.3, -0.25) is 0 Å². The minimum atomic E-state index is -0.121. The maximum Gasteiger partial charge on any atom is 0.0633 e. The first-order valence-corrected chi connectivity index (χ1v) is 12.8. The van der Waals surface area contributed by atoms with Crippen LogP contribution in [0.25, 0.3) is 0 Å². The summed E-state index contributed by atoms with van der Waals surface area (Å²) in [5, 5.41) is 20.4. The lowest BCUT2D eigenvalue weighted by atomic mass is 9.46.